The van der Waals surface area contributed by atoms with Crippen molar-refractivity contribution in [1.29, 1.82) is 0 Å². The minimum atomic E-state index is 0.789. The lowest BCUT2D eigenvalue weighted by Crippen LogP contribution is -2.05. The number of pyridine rings is 2. The molecule has 0 saturated heterocycles. The Hall–Kier alpha value is -2.36. The number of hydrogen-bond acceptors (Lipinski definition) is 3. The standard InChI is InChI=1S/C18H22N4/c1-5-15-12(3)17(19)16-11(2)13(4)22(18(16)21-15)10-14-6-8-20-9-7-14/h6-9H,5,10H2,1-4H3,(H2,19,21). The van der Waals surface area contributed by atoms with Gasteiger partial charge in [-0.1, -0.05) is 6.92 Å². The summed E-state index contributed by atoms with van der Waals surface area (Å²) in [4.78, 5) is 8.98. The topological polar surface area (TPSA) is 56.7 Å². The smallest absolute Gasteiger partial charge is 0.143 e. The van der Waals surface area contributed by atoms with Crippen LogP contribution < -0.4 is 5.73 Å². The third-order valence-electron chi connectivity index (χ3n) is 4.57. The van der Waals surface area contributed by atoms with Gasteiger partial charge in [0.2, 0.25) is 0 Å². The molecule has 0 spiro atoms. The lowest BCUT2D eigenvalue weighted by atomic mass is 10.1. The van der Waals surface area contributed by atoms with E-state index < -0.39 is 0 Å². The molecule has 0 saturated carbocycles. The minimum absolute atomic E-state index is 0.789. The summed E-state index contributed by atoms with van der Waals surface area (Å²) in [7, 11) is 0. The molecule has 3 heterocycles. The average Bonchev–Trinajstić information content (AvgIpc) is 2.76. The highest BCUT2D eigenvalue weighted by molar-refractivity contribution is 5.94. The first-order chi connectivity index (χ1) is 10.5. The molecule has 0 aliphatic heterocycles. The molecule has 3 rings (SSSR count). The highest BCUT2D eigenvalue weighted by Crippen LogP contribution is 2.32. The normalized spacial score (nSPS) is 11.3. The van der Waals surface area contributed by atoms with Gasteiger partial charge in [0.15, 0.2) is 0 Å². The van der Waals surface area contributed by atoms with Crippen LogP contribution in [0.25, 0.3) is 11.0 Å². The molecule has 2 N–H and O–H groups in total. The molecule has 0 amide bonds. The Morgan fingerprint density at radius 2 is 1.77 bits per heavy atom. The first-order valence-electron chi connectivity index (χ1n) is 7.67. The zero-order valence-electron chi connectivity index (χ0n) is 13.6. The van der Waals surface area contributed by atoms with Crippen molar-refractivity contribution < 1.29 is 0 Å². The van der Waals surface area contributed by atoms with Crippen LogP contribution in [0.1, 0.15) is 35.0 Å². The van der Waals surface area contributed by atoms with Crippen molar-refractivity contribution in [2.75, 3.05) is 5.73 Å². The van der Waals surface area contributed by atoms with Crippen molar-refractivity contribution >= 4 is 16.7 Å². The Morgan fingerprint density at radius 1 is 1.09 bits per heavy atom. The SMILES string of the molecule is CCc1nc2c(c(C)c(C)n2Cc2ccncc2)c(N)c1C. The molecular formula is C18H22N4. The molecule has 4 nitrogen and oxygen atoms in total. The summed E-state index contributed by atoms with van der Waals surface area (Å²) in [5.41, 5.74) is 14.1. The fraction of sp³-hybridized carbons (Fsp3) is 0.333. The van der Waals surface area contributed by atoms with Crippen molar-refractivity contribution in [2.45, 2.75) is 40.7 Å². The van der Waals surface area contributed by atoms with Crippen LogP contribution in [0.4, 0.5) is 5.69 Å². The monoisotopic (exact) mass is 294 g/mol. The van der Waals surface area contributed by atoms with Crippen LogP contribution in [0.2, 0.25) is 0 Å². The Kier molecular flexibility index (Phi) is 3.61. The maximum Gasteiger partial charge on any atom is 0.143 e. The predicted molar refractivity (Wildman–Crippen MR) is 91.1 cm³/mol. The largest absolute Gasteiger partial charge is 0.398 e. The number of nitrogens with zero attached hydrogens (tertiary/aromatic N) is 3. The van der Waals surface area contributed by atoms with Crippen LogP contribution in [0.15, 0.2) is 24.5 Å². The second kappa shape index (κ2) is 5.44. The molecule has 4 heteroatoms. The molecule has 22 heavy (non-hydrogen) atoms. The van der Waals surface area contributed by atoms with Crippen molar-refractivity contribution in [3.8, 4) is 0 Å². The van der Waals surface area contributed by atoms with Gasteiger partial charge in [-0.15, -0.1) is 0 Å². The second-order valence-electron chi connectivity index (χ2n) is 5.80. The van der Waals surface area contributed by atoms with E-state index in [0.717, 1.165) is 40.9 Å². The second-order valence-corrected chi connectivity index (χ2v) is 5.80. The quantitative estimate of drug-likeness (QED) is 0.803. The molecule has 0 aliphatic carbocycles. The van der Waals surface area contributed by atoms with Crippen LogP contribution >= 0.6 is 0 Å². The van der Waals surface area contributed by atoms with Gasteiger partial charge < -0.3 is 10.3 Å². The number of anilines is 1. The number of nitrogen functional groups attached to an aromatic ring is 1. The highest BCUT2D eigenvalue weighted by Gasteiger charge is 2.18. The maximum absolute atomic E-state index is 6.41. The Bertz CT molecular complexity index is 832. The molecule has 3 aromatic heterocycles. The van der Waals surface area contributed by atoms with Gasteiger partial charge in [0.1, 0.15) is 5.65 Å². The van der Waals surface area contributed by atoms with Crippen molar-refractivity contribution in [2.24, 2.45) is 0 Å². The first-order valence-corrected chi connectivity index (χ1v) is 7.67. The summed E-state index contributed by atoms with van der Waals surface area (Å²) >= 11 is 0. The van der Waals surface area contributed by atoms with Gasteiger partial charge in [0, 0.05) is 41.4 Å². The number of rotatable bonds is 3. The van der Waals surface area contributed by atoms with Crippen LogP contribution in [-0.4, -0.2) is 14.5 Å². The van der Waals surface area contributed by atoms with Crippen LogP contribution in [0.5, 0.6) is 0 Å². The van der Waals surface area contributed by atoms with E-state index in [1.807, 2.05) is 24.5 Å². The van der Waals surface area contributed by atoms with Crippen molar-refractivity contribution in [3.05, 3.63) is 52.6 Å². The number of hydrogen-bond donors (Lipinski definition) is 1. The molecule has 0 aliphatic rings. The Morgan fingerprint density at radius 3 is 2.41 bits per heavy atom. The van der Waals surface area contributed by atoms with Crippen molar-refractivity contribution in [1.82, 2.24) is 14.5 Å². The lowest BCUT2D eigenvalue weighted by Gasteiger charge is -2.11. The summed E-state index contributed by atoms with van der Waals surface area (Å²) in [6, 6.07) is 4.08. The molecule has 0 fully saturated rings. The molecule has 0 aromatic carbocycles. The van der Waals surface area contributed by atoms with Crippen LogP contribution in [0, 0.1) is 20.8 Å². The minimum Gasteiger partial charge on any atom is -0.398 e. The van der Waals surface area contributed by atoms with E-state index in [1.165, 1.54) is 16.8 Å². The maximum atomic E-state index is 6.41. The van der Waals surface area contributed by atoms with E-state index in [9.17, 15) is 0 Å². The van der Waals surface area contributed by atoms with Gasteiger partial charge >= 0.3 is 0 Å². The summed E-state index contributed by atoms with van der Waals surface area (Å²) in [5, 5.41) is 1.10. The number of aromatic nitrogens is 3. The third-order valence-corrected chi connectivity index (χ3v) is 4.57. The van der Waals surface area contributed by atoms with Gasteiger partial charge in [-0.2, -0.15) is 0 Å². The van der Waals surface area contributed by atoms with Gasteiger partial charge in [-0.25, -0.2) is 4.98 Å². The third kappa shape index (κ3) is 2.15. The number of nitrogens with two attached hydrogens (primary N) is 1. The Labute approximate surface area is 131 Å². The van der Waals surface area contributed by atoms with Crippen molar-refractivity contribution in [3.63, 3.8) is 0 Å². The molecule has 114 valence electrons. The molecule has 0 atom stereocenters. The number of aryl methyl sites for hydroxylation is 2. The first kappa shape index (κ1) is 14.6. The van der Waals surface area contributed by atoms with Gasteiger partial charge in [-0.3, -0.25) is 4.98 Å². The number of fused-ring (bicyclic) bond motifs is 1. The fourth-order valence-electron chi connectivity index (χ4n) is 3.05. The summed E-state index contributed by atoms with van der Waals surface area (Å²) in [5.74, 6) is 0. The molecular weight excluding hydrogens is 272 g/mol. The van der Waals surface area contributed by atoms with E-state index in [2.05, 4.69) is 37.2 Å². The molecule has 3 aromatic rings. The summed E-state index contributed by atoms with van der Waals surface area (Å²) in [6.07, 6.45) is 4.55. The molecule has 0 radical (unpaired) electrons. The van der Waals surface area contributed by atoms with E-state index in [-0.39, 0.29) is 0 Å². The predicted octanol–water partition coefficient (Wildman–Crippen LogP) is 3.55. The lowest BCUT2D eigenvalue weighted by molar-refractivity contribution is 0.786. The van der Waals surface area contributed by atoms with E-state index in [4.69, 9.17) is 10.7 Å². The van der Waals surface area contributed by atoms with Gasteiger partial charge in [-0.05, 0) is 56.0 Å². The van der Waals surface area contributed by atoms with Crippen LogP contribution in [-0.2, 0) is 13.0 Å². The Balaban J connectivity index is 2.26. The average molecular weight is 294 g/mol. The molecule has 0 unspecified atom stereocenters. The van der Waals surface area contributed by atoms with E-state index in [1.54, 1.807) is 0 Å². The summed E-state index contributed by atoms with van der Waals surface area (Å²) in [6.45, 7) is 9.24. The zero-order valence-corrected chi connectivity index (χ0v) is 13.6. The van der Waals surface area contributed by atoms with E-state index in [0.29, 0.717) is 0 Å². The van der Waals surface area contributed by atoms with E-state index >= 15 is 0 Å². The fourth-order valence-corrected chi connectivity index (χ4v) is 3.05. The zero-order chi connectivity index (χ0) is 15.9. The van der Waals surface area contributed by atoms with Gasteiger partial charge in [0.05, 0.1) is 0 Å². The van der Waals surface area contributed by atoms with Gasteiger partial charge in [0.25, 0.3) is 0 Å². The molecule has 0 bridgehead atoms. The van der Waals surface area contributed by atoms with Crippen LogP contribution in [0.3, 0.4) is 0 Å². The summed E-state index contributed by atoms with van der Waals surface area (Å²) < 4.78 is 2.26. The highest BCUT2D eigenvalue weighted by atomic mass is 15.1.